The van der Waals surface area contributed by atoms with Crippen molar-refractivity contribution in [1.29, 1.82) is 0 Å². The molecule has 13 heavy (non-hydrogen) atoms. The first kappa shape index (κ1) is 11.9. The van der Waals surface area contributed by atoms with Crippen molar-refractivity contribution in [3.05, 3.63) is 0 Å². The summed E-state index contributed by atoms with van der Waals surface area (Å²) in [4.78, 5) is 23.1. The molecule has 76 valence electrons. The van der Waals surface area contributed by atoms with Crippen molar-refractivity contribution < 1.29 is 14.7 Å². The number of hydrogen-bond acceptors (Lipinski definition) is 3. The van der Waals surface area contributed by atoms with Crippen LogP contribution >= 0.6 is 0 Å². The Bertz CT molecular complexity index is 194. The molecule has 0 heterocycles. The molecule has 0 aromatic heterocycles. The van der Waals surface area contributed by atoms with E-state index in [1.54, 1.807) is 18.9 Å². The number of carbonyl (C=O) groups excluding carboxylic acids is 1. The van der Waals surface area contributed by atoms with Gasteiger partial charge >= 0.3 is 5.97 Å². The summed E-state index contributed by atoms with van der Waals surface area (Å²) in [5.74, 6) is -1.05. The summed E-state index contributed by atoms with van der Waals surface area (Å²) in [7, 11) is 1.68. The molecule has 5 nitrogen and oxygen atoms in total. The van der Waals surface area contributed by atoms with Gasteiger partial charge in [0, 0.05) is 13.6 Å². The summed E-state index contributed by atoms with van der Waals surface area (Å²) < 4.78 is 0. The second kappa shape index (κ2) is 5.53. The number of likely N-dealkylation sites (N-methyl/N-ethyl adjacent to an activating group) is 1. The number of carbonyl (C=O) groups is 2. The number of carboxylic acids is 1. The van der Waals surface area contributed by atoms with Crippen molar-refractivity contribution in [3.63, 3.8) is 0 Å². The summed E-state index contributed by atoms with van der Waals surface area (Å²) >= 11 is 0. The van der Waals surface area contributed by atoms with Crippen LogP contribution in [-0.4, -0.2) is 48.1 Å². The van der Waals surface area contributed by atoms with E-state index in [-0.39, 0.29) is 12.5 Å². The lowest BCUT2D eigenvalue weighted by molar-refractivity contribution is -0.136. The summed E-state index contributed by atoms with van der Waals surface area (Å²) in [5.41, 5.74) is 0. The number of carboxylic acid groups (broad SMARTS) is 1. The zero-order valence-corrected chi connectivity index (χ0v) is 8.20. The second-order valence-corrected chi connectivity index (χ2v) is 2.85. The first-order valence-electron chi connectivity index (χ1n) is 4.19. The molecule has 0 aliphatic heterocycles. The quantitative estimate of drug-likeness (QED) is 0.612. The van der Waals surface area contributed by atoms with E-state index in [2.05, 4.69) is 5.32 Å². The zero-order valence-electron chi connectivity index (χ0n) is 8.20. The lowest BCUT2D eigenvalue weighted by Crippen LogP contribution is -2.44. The molecule has 1 atom stereocenters. The highest BCUT2D eigenvalue weighted by Gasteiger charge is 2.15. The van der Waals surface area contributed by atoms with E-state index in [9.17, 15) is 9.59 Å². The fraction of sp³-hybridized carbons (Fsp3) is 0.750. The molecule has 0 saturated heterocycles. The summed E-state index contributed by atoms with van der Waals surface area (Å²) in [6.45, 7) is 3.95. The van der Waals surface area contributed by atoms with Gasteiger partial charge in [-0.25, -0.2) is 0 Å². The Morgan fingerprint density at radius 2 is 2.08 bits per heavy atom. The average Bonchev–Trinajstić information content (AvgIpc) is 2.11. The first-order valence-corrected chi connectivity index (χ1v) is 4.19. The highest BCUT2D eigenvalue weighted by Crippen LogP contribution is 1.90. The molecule has 0 aliphatic rings. The molecule has 1 amide bonds. The third-order valence-corrected chi connectivity index (χ3v) is 1.78. The number of nitrogens with one attached hydrogen (secondary N) is 1. The third kappa shape index (κ3) is 4.47. The van der Waals surface area contributed by atoms with Crippen LogP contribution in [0.1, 0.15) is 13.8 Å². The number of hydrogen-bond donors (Lipinski definition) is 2. The molecule has 2 N–H and O–H groups in total. The fourth-order valence-electron chi connectivity index (χ4n) is 0.814. The van der Waals surface area contributed by atoms with Gasteiger partial charge in [0.1, 0.15) is 0 Å². The Morgan fingerprint density at radius 1 is 1.54 bits per heavy atom. The van der Waals surface area contributed by atoms with Gasteiger partial charge < -0.3 is 10.0 Å². The maximum absolute atomic E-state index is 11.4. The van der Waals surface area contributed by atoms with Crippen molar-refractivity contribution in [1.82, 2.24) is 10.2 Å². The van der Waals surface area contributed by atoms with Crippen LogP contribution in [0.15, 0.2) is 0 Å². The summed E-state index contributed by atoms with van der Waals surface area (Å²) in [6.07, 6.45) is 0. The molecule has 0 spiro atoms. The molecule has 0 bridgehead atoms. The van der Waals surface area contributed by atoms with Gasteiger partial charge in [-0.05, 0) is 13.8 Å². The highest BCUT2D eigenvalue weighted by molar-refractivity contribution is 5.81. The van der Waals surface area contributed by atoms with Crippen molar-refractivity contribution in [3.8, 4) is 0 Å². The summed E-state index contributed by atoms with van der Waals surface area (Å²) in [5, 5.41) is 11.0. The lowest BCUT2D eigenvalue weighted by Gasteiger charge is -2.19. The predicted octanol–water partition coefficient (Wildman–Crippen LogP) is -0.473. The molecule has 1 unspecified atom stereocenters. The molecule has 0 fully saturated rings. The Kier molecular flexibility index (Phi) is 5.06. The van der Waals surface area contributed by atoms with Gasteiger partial charge in [-0.1, -0.05) is 0 Å². The Morgan fingerprint density at radius 3 is 2.46 bits per heavy atom. The van der Waals surface area contributed by atoms with E-state index in [4.69, 9.17) is 5.11 Å². The molecule has 0 rings (SSSR count). The van der Waals surface area contributed by atoms with Gasteiger partial charge in [0.2, 0.25) is 5.91 Å². The van der Waals surface area contributed by atoms with Crippen molar-refractivity contribution in [2.75, 3.05) is 20.1 Å². The van der Waals surface area contributed by atoms with Gasteiger partial charge in [0.25, 0.3) is 0 Å². The van der Waals surface area contributed by atoms with Crippen LogP contribution in [0.5, 0.6) is 0 Å². The van der Waals surface area contributed by atoms with Crippen LogP contribution in [0, 0.1) is 0 Å². The number of amides is 1. The van der Waals surface area contributed by atoms with Crippen LogP contribution in [0.4, 0.5) is 0 Å². The first-order chi connectivity index (χ1) is 5.99. The Balaban J connectivity index is 3.89. The monoisotopic (exact) mass is 188 g/mol. The molecule has 0 aromatic rings. The predicted molar refractivity (Wildman–Crippen MR) is 48.4 cm³/mol. The van der Waals surface area contributed by atoms with Gasteiger partial charge in [0.15, 0.2) is 0 Å². The van der Waals surface area contributed by atoms with E-state index in [1.807, 2.05) is 6.92 Å². The van der Waals surface area contributed by atoms with E-state index >= 15 is 0 Å². The maximum Gasteiger partial charge on any atom is 0.317 e. The minimum Gasteiger partial charge on any atom is -0.480 e. The molecule has 0 saturated carbocycles. The normalized spacial score (nSPS) is 12.2. The highest BCUT2D eigenvalue weighted by atomic mass is 16.4. The second-order valence-electron chi connectivity index (χ2n) is 2.85. The van der Waals surface area contributed by atoms with Crippen molar-refractivity contribution >= 4 is 11.9 Å². The van der Waals surface area contributed by atoms with Crippen LogP contribution in [-0.2, 0) is 9.59 Å². The van der Waals surface area contributed by atoms with Gasteiger partial charge in [-0.3, -0.25) is 14.9 Å². The fourth-order valence-corrected chi connectivity index (χ4v) is 0.814. The largest absolute Gasteiger partial charge is 0.480 e. The smallest absolute Gasteiger partial charge is 0.317 e. The van der Waals surface area contributed by atoms with Crippen molar-refractivity contribution in [2.24, 2.45) is 0 Å². The van der Waals surface area contributed by atoms with Gasteiger partial charge in [-0.15, -0.1) is 0 Å². The molecule has 0 aromatic carbocycles. The van der Waals surface area contributed by atoms with Gasteiger partial charge in [0.05, 0.1) is 12.6 Å². The summed E-state index contributed by atoms with van der Waals surface area (Å²) in [6, 6.07) is -0.443. The van der Waals surface area contributed by atoms with Crippen LogP contribution < -0.4 is 5.32 Å². The van der Waals surface area contributed by atoms with Crippen LogP contribution in [0.25, 0.3) is 0 Å². The maximum atomic E-state index is 11.4. The number of aliphatic carboxylic acids is 1. The van der Waals surface area contributed by atoms with Crippen LogP contribution in [0.2, 0.25) is 0 Å². The molecule has 5 heteroatoms. The number of rotatable bonds is 5. The minimum absolute atomic E-state index is 0.0937. The zero-order chi connectivity index (χ0) is 10.4. The Hall–Kier alpha value is -1.10. The topological polar surface area (TPSA) is 69.6 Å². The SMILES string of the molecule is CCN(C)C(=O)C(C)NCC(=O)O. The minimum atomic E-state index is -0.959. The van der Waals surface area contributed by atoms with Crippen LogP contribution in [0.3, 0.4) is 0 Å². The van der Waals surface area contributed by atoms with Crippen molar-refractivity contribution in [2.45, 2.75) is 19.9 Å². The molecule has 0 aliphatic carbocycles. The Labute approximate surface area is 77.7 Å². The molecular formula is C8H16N2O3. The van der Waals surface area contributed by atoms with Gasteiger partial charge in [-0.2, -0.15) is 0 Å². The van der Waals surface area contributed by atoms with E-state index < -0.39 is 12.0 Å². The van der Waals surface area contributed by atoms with E-state index in [0.29, 0.717) is 6.54 Å². The average molecular weight is 188 g/mol. The molecular weight excluding hydrogens is 172 g/mol. The molecule has 0 radical (unpaired) electrons. The van der Waals surface area contributed by atoms with E-state index in [1.165, 1.54) is 0 Å². The van der Waals surface area contributed by atoms with E-state index in [0.717, 1.165) is 0 Å². The lowest BCUT2D eigenvalue weighted by atomic mass is 10.3. The standard InChI is InChI=1S/C8H16N2O3/c1-4-10(3)8(13)6(2)9-5-7(11)12/h6,9H,4-5H2,1-3H3,(H,11,12). The number of nitrogens with zero attached hydrogens (tertiary/aromatic N) is 1. The third-order valence-electron chi connectivity index (χ3n) is 1.78.